The fourth-order valence-electron chi connectivity index (χ4n) is 3.36. The summed E-state index contributed by atoms with van der Waals surface area (Å²) in [5.41, 5.74) is 1.98. The van der Waals surface area contributed by atoms with Gasteiger partial charge in [0.25, 0.3) is 5.91 Å². The van der Waals surface area contributed by atoms with Crippen molar-refractivity contribution in [3.05, 3.63) is 87.6 Å². The van der Waals surface area contributed by atoms with Crippen molar-refractivity contribution in [1.82, 2.24) is 14.8 Å². The number of hydrogen-bond donors (Lipinski definition) is 0. The van der Waals surface area contributed by atoms with E-state index in [2.05, 4.69) is 4.98 Å². The van der Waals surface area contributed by atoms with Crippen molar-refractivity contribution in [2.24, 2.45) is 0 Å². The van der Waals surface area contributed by atoms with Gasteiger partial charge in [-0.25, -0.2) is 9.37 Å². The lowest BCUT2D eigenvalue weighted by atomic mass is 10.1. The van der Waals surface area contributed by atoms with Crippen molar-refractivity contribution in [3.63, 3.8) is 0 Å². The van der Waals surface area contributed by atoms with Gasteiger partial charge in [-0.3, -0.25) is 9.59 Å². The molecule has 7 heteroatoms. The van der Waals surface area contributed by atoms with Gasteiger partial charge < -0.3 is 9.80 Å². The van der Waals surface area contributed by atoms with Crippen LogP contribution in [0.3, 0.4) is 0 Å². The number of likely N-dealkylation sites (N-methyl/N-ethyl adjacent to an activating group) is 1. The van der Waals surface area contributed by atoms with Gasteiger partial charge in [0, 0.05) is 18.8 Å². The molecule has 1 aromatic heterocycles. The third kappa shape index (κ3) is 3.53. The van der Waals surface area contributed by atoms with Crippen molar-refractivity contribution >= 4 is 23.2 Å². The molecule has 28 heavy (non-hydrogen) atoms. The first kappa shape index (κ1) is 18.3. The van der Waals surface area contributed by atoms with Crippen molar-refractivity contribution in [1.29, 1.82) is 0 Å². The predicted molar refractivity (Wildman–Crippen MR) is 104 cm³/mol. The highest BCUT2D eigenvalue weighted by molar-refractivity contribution is 7.09. The van der Waals surface area contributed by atoms with Crippen LogP contribution in [0.2, 0.25) is 0 Å². The molecule has 4 rings (SSSR count). The highest BCUT2D eigenvalue weighted by Gasteiger charge is 2.40. The maximum atomic E-state index is 13.4. The van der Waals surface area contributed by atoms with E-state index in [9.17, 15) is 14.0 Å². The minimum Gasteiger partial charge on any atom is -0.320 e. The molecule has 0 N–H and O–H groups in total. The number of aromatic nitrogens is 1. The van der Waals surface area contributed by atoms with Crippen LogP contribution in [0, 0.1) is 5.82 Å². The summed E-state index contributed by atoms with van der Waals surface area (Å²) in [7, 11) is 1.70. The Bertz CT molecular complexity index is 1020. The Morgan fingerprint density at radius 2 is 2.00 bits per heavy atom. The molecule has 0 bridgehead atoms. The summed E-state index contributed by atoms with van der Waals surface area (Å²) in [6, 6.07) is 15.8. The average Bonchev–Trinajstić information content (AvgIpc) is 3.27. The number of carbonyl (C=O) groups excluding carboxylic acids is 2. The van der Waals surface area contributed by atoms with Crippen molar-refractivity contribution in [3.8, 4) is 0 Å². The fourth-order valence-corrected chi connectivity index (χ4v) is 4.16. The summed E-state index contributed by atoms with van der Waals surface area (Å²) in [6.45, 7) is 0.0195. The number of halogens is 1. The van der Waals surface area contributed by atoms with E-state index < -0.39 is 6.17 Å². The van der Waals surface area contributed by atoms with E-state index in [1.807, 2.05) is 36.4 Å². The Kier molecular flexibility index (Phi) is 4.92. The predicted octanol–water partition coefficient (Wildman–Crippen LogP) is 3.49. The standard InChI is InChI=1S/C21H18FN3O2S/c1-24-19(26)12-25(20(24)15-7-3-2-4-8-15)21(27)17-13-28-18(23-17)11-14-6-5-9-16(22)10-14/h2-10,13,20H,11-12H2,1H3. The van der Waals surface area contributed by atoms with Crippen LogP contribution < -0.4 is 0 Å². The molecule has 2 heterocycles. The molecule has 3 aromatic rings. The zero-order valence-electron chi connectivity index (χ0n) is 15.2. The Balaban J connectivity index is 1.57. The minimum atomic E-state index is -0.449. The SMILES string of the molecule is CN1C(=O)CN(C(=O)c2csc(Cc3cccc(F)c3)n2)C1c1ccccc1. The fraction of sp³-hybridized carbons (Fsp3) is 0.190. The van der Waals surface area contributed by atoms with Crippen LogP contribution in [0.5, 0.6) is 0 Å². The molecule has 0 saturated carbocycles. The molecule has 1 saturated heterocycles. The van der Waals surface area contributed by atoms with Crippen LogP contribution in [0.1, 0.15) is 32.8 Å². The summed E-state index contributed by atoms with van der Waals surface area (Å²) in [5.74, 6) is -0.694. The first-order chi connectivity index (χ1) is 13.5. The number of carbonyl (C=O) groups is 2. The molecule has 142 valence electrons. The third-order valence-electron chi connectivity index (χ3n) is 4.73. The van der Waals surface area contributed by atoms with Crippen LogP contribution in [-0.2, 0) is 11.2 Å². The number of thiazole rings is 1. The Labute approximate surface area is 166 Å². The van der Waals surface area contributed by atoms with Gasteiger partial charge in [0.05, 0.1) is 5.01 Å². The van der Waals surface area contributed by atoms with Gasteiger partial charge >= 0.3 is 0 Å². The highest BCUT2D eigenvalue weighted by atomic mass is 32.1. The summed E-state index contributed by atoms with van der Waals surface area (Å²) in [5, 5.41) is 2.42. The van der Waals surface area contributed by atoms with Crippen molar-refractivity contribution in [2.75, 3.05) is 13.6 Å². The second kappa shape index (κ2) is 7.52. The van der Waals surface area contributed by atoms with Gasteiger partial charge in [0.15, 0.2) is 0 Å². The topological polar surface area (TPSA) is 53.5 Å². The molecule has 1 aliphatic rings. The maximum absolute atomic E-state index is 13.4. The highest BCUT2D eigenvalue weighted by Crippen LogP contribution is 2.31. The second-order valence-corrected chi connectivity index (χ2v) is 7.60. The number of nitrogens with zero attached hydrogens (tertiary/aromatic N) is 3. The van der Waals surface area contributed by atoms with E-state index in [-0.39, 0.29) is 24.2 Å². The number of benzene rings is 2. The van der Waals surface area contributed by atoms with Crippen molar-refractivity contribution in [2.45, 2.75) is 12.6 Å². The van der Waals surface area contributed by atoms with Crippen LogP contribution in [-0.4, -0.2) is 40.2 Å². The molecule has 1 aliphatic heterocycles. The molecule has 0 spiro atoms. The monoisotopic (exact) mass is 395 g/mol. The molecule has 1 atom stereocenters. The summed E-state index contributed by atoms with van der Waals surface area (Å²) < 4.78 is 13.4. The molecule has 2 amide bonds. The van der Waals surface area contributed by atoms with Gasteiger partial charge in [-0.05, 0) is 23.3 Å². The van der Waals surface area contributed by atoms with E-state index in [4.69, 9.17) is 0 Å². The molecule has 0 aliphatic carbocycles. The summed E-state index contributed by atoms with van der Waals surface area (Å²) in [6.07, 6.45) is 0.00554. The summed E-state index contributed by atoms with van der Waals surface area (Å²) >= 11 is 1.36. The Morgan fingerprint density at radius 3 is 2.75 bits per heavy atom. The molecule has 5 nitrogen and oxygen atoms in total. The average molecular weight is 395 g/mol. The van der Waals surface area contributed by atoms with Crippen LogP contribution in [0.25, 0.3) is 0 Å². The van der Waals surface area contributed by atoms with Gasteiger partial charge in [-0.2, -0.15) is 0 Å². The van der Waals surface area contributed by atoms with E-state index >= 15 is 0 Å². The van der Waals surface area contributed by atoms with Crippen molar-refractivity contribution < 1.29 is 14.0 Å². The number of rotatable bonds is 4. The Morgan fingerprint density at radius 1 is 1.21 bits per heavy atom. The second-order valence-electron chi connectivity index (χ2n) is 6.66. The van der Waals surface area contributed by atoms with Gasteiger partial charge in [0.1, 0.15) is 24.2 Å². The summed E-state index contributed by atoms with van der Waals surface area (Å²) in [4.78, 5) is 32.9. The zero-order valence-corrected chi connectivity index (χ0v) is 16.0. The quantitative estimate of drug-likeness (QED) is 0.680. The van der Waals surface area contributed by atoms with Crippen LogP contribution in [0.4, 0.5) is 4.39 Å². The van der Waals surface area contributed by atoms with E-state index in [1.165, 1.54) is 23.5 Å². The normalized spacial score (nSPS) is 16.6. The smallest absolute Gasteiger partial charge is 0.275 e. The zero-order chi connectivity index (χ0) is 19.7. The van der Waals surface area contributed by atoms with Gasteiger partial charge in [0.2, 0.25) is 5.91 Å². The lowest BCUT2D eigenvalue weighted by Gasteiger charge is -2.27. The Hall–Kier alpha value is -3.06. The molecule has 1 unspecified atom stereocenters. The number of amides is 2. The van der Waals surface area contributed by atoms with Gasteiger partial charge in [-0.1, -0.05) is 42.5 Å². The lowest BCUT2D eigenvalue weighted by Crippen LogP contribution is -2.34. The minimum absolute atomic E-state index is 0.0195. The maximum Gasteiger partial charge on any atom is 0.275 e. The largest absolute Gasteiger partial charge is 0.320 e. The van der Waals surface area contributed by atoms with Crippen LogP contribution >= 0.6 is 11.3 Å². The van der Waals surface area contributed by atoms with Crippen LogP contribution in [0.15, 0.2) is 60.0 Å². The molecule has 1 fully saturated rings. The lowest BCUT2D eigenvalue weighted by molar-refractivity contribution is -0.126. The van der Waals surface area contributed by atoms with E-state index in [0.29, 0.717) is 12.1 Å². The van der Waals surface area contributed by atoms with E-state index in [1.54, 1.807) is 28.3 Å². The first-order valence-corrected chi connectivity index (χ1v) is 9.71. The first-order valence-electron chi connectivity index (χ1n) is 8.83. The van der Waals surface area contributed by atoms with Gasteiger partial charge in [-0.15, -0.1) is 11.3 Å². The number of hydrogen-bond acceptors (Lipinski definition) is 4. The molecular formula is C21H18FN3O2S. The third-order valence-corrected chi connectivity index (χ3v) is 5.58. The van der Waals surface area contributed by atoms with E-state index in [0.717, 1.165) is 16.1 Å². The molecular weight excluding hydrogens is 377 g/mol. The molecule has 0 radical (unpaired) electrons. The molecule has 2 aromatic carbocycles.